The number of benzene rings is 2. The van der Waals surface area contributed by atoms with Gasteiger partial charge in [0.15, 0.2) is 0 Å². The van der Waals surface area contributed by atoms with E-state index in [0.717, 1.165) is 18.4 Å². The van der Waals surface area contributed by atoms with E-state index in [-0.39, 0.29) is 17.6 Å². The van der Waals surface area contributed by atoms with Crippen molar-refractivity contribution in [1.82, 2.24) is 10.2 Å². The summed E-state index contributed by atoms with van der Waals surface area (Å²) in [5.41, 5.74) is 1.35. The molecule has 0 radical (unpaired) electrons. The van der Waals surface area contributed by atoms with Crippen LogP contribution in [0, 0.1) is 5.82 Å². The van der Waals surface area contributed by atoms with Crippen LogP contribution in [0.25, 0.3) is 0 Å². The van der Waals surface area contributed by atoms with Crippen LogP contribution in [0.4, 0.5) is 14.9 Å². The zero-order chi connectivity index (χ0) is 19.4. The predicted molar refractivity (Wildman–Crippen MR) is 106 cm³/mol. The predicted octanol–water partition coefficient (Wildman–Crippen LogP) is 4.10. The number of thioether (sulfide) groups is 1. The van der Waals surface area contributed by atoms with Crippen LogP contribution >= 0.6 is 11.8 Å². The quantitative estimate of drug-likeness (QED) is 0.734. The van der Waals surface area contributed by atoms with E-state index in [1.54, 1.807) is 16.7 Å². The van der Waals surface area contributed by atoms with Crippen LogP contribution in [-0.4, -0.2) is 36.2 Å². The molecule has 1 aliphatic rings. The lowest BCUT2D eigenvalue weighted by atomic mass is 10.1. The number of carbonyl (C=O) groups is 2. The lowest BCUT2D eigenvalue weighted by Crippen LogP contribution is -2.36. The molecule has 1 saturated carbocycles. The van der Waals surface area contributed by atoms with Crippen LogP contribution in [0.5, 0.6) is 0 Å². The third-order valence-corrected chi connectivity index (χ3v) is 5.19. The maximum absolute atomic E-state index is 13.8. The maximum atomic E-state index is 13.8. The molecule has 2 N–H and O–H groups in total. The Morgan fingerprint density at radius 1 is 1.19 bits per heavy atom. The van der Waals surface area contributed by atoms with E-state index in [4.69, 9.17) is 0 Å². The molecule has 2 aromatic rings. The van der Waals surface area contributed by atoms with Gasteiger partial charge < -0.3 is 15.5 Å². The molecule has 0 saturated heterocycles. The van der Waals surface area contributed by atoms with E-state index in [9.17, 15) is 14.0 Å². The van der Waals surface area contributed by atoms with Gasteiger partial charge in [-0.1, -0.05) is 12.1 Å². The molecular formula is C20H22FN3O2S. The molecule has 3 amide bonds. The highest BCUT2D eigenvalue weighted by Crippen LogP contribution is 2.29. The van der Waals surface area contributed by atoms with Crippen molar-refractivity contribution in [3.63, 3.8) is 0 Å². The van der Waals surface area contributed by atoms with Crippen molar-refractivity contribution < 1.29 is 14.0 Å². The van der Waals surface area contributed by atoms with E-state index in [2.05, 4.69) is 10.6 Å². The van der Waals surface area contributed by atoms with E-state index < -0.39 is 11.7 Å². The fourth-order valence-corrected chi connectivity index (χ4v) is 3.20. The summed E-state index contributed by atoms with van der Waals surface area (Å²) in [6.45, 7) is 0.509. The van der Waals surface area contributed by atoms with E-state index in [1.807, 2.05) is 30.5 Å². The van der Waals surface area contributed by atoms with Gasteiger partial charge in [0.05, 0.1) is 5.56 Å². The molecule has 142 valence electrons. The second-order valence-corrected chi connectivity index (χ2v) is 7.29. The van der Waals surface area contributed by atoms with Crippen molar-refractivity contribution in [1.29, 1.82) is 0 Å². The van der Waals surface area contributed by atoms with Gasteiger partial charge in [-0.2, -0.15) is 0 Å². The first-order chi connectivity index (χ1) is 13.0. The summed E-state index contributed by atoms with van der Waals surface area (Å²) in [5, 5.41) is 5.18. The van der Waals surface area contributed by atoms with Crippen molar-refractivity contribution in [2.75, 3.05) is 18.6 Å². The van der Waals surface area contributed by atoms with Crippen LogP contribution in [0.1, 0.15) is 28.8 Å². The molecule has 0 heterocycles. The molecule has 0 unspecified atom stereocenters. The van der Waals surface area contributed by atoms with E-state index in [1.165, 1.54) is 30.1 Å². The van der Waals surface area contributed by atoms with Gasteiger partial charge in [-0.25, -0.2) is 9.18 Å². The number of hydrogen-bond acceptors (Lipinski definition) is 3. The fraction of sp³-hybridized carbons (Fsp3) is 0.300. The Bertz CT molecular complexity index is 838. The molecule has 0 bridgehead atoms. The summed E-state index contributed by atoms with van der Waals surface area (Å²) >= 11 is 1.67. The molecule has 0 aromatic heterocycles. The summed E-state index contributed by atoms with van der Waals surface area (Å²) in [6, 6.07) is 12.1. The fourth-order valence-electron chi connectivity index (χ4n) is 2.79. The molecule has 2 aromatic carbocycles. The minimum atomic E-state index is -0.625. The van der Waals surface area contributed by atoms with Gasteiger partial charge in [-0.15, -0.1) is 11.8 Å². The molecule has 0 atom stereocenters. The van der Waals surface area contributed by atoms with Crippen LogP contribution in [0.2, 0.25) is 0 Å². The first-order valence-electron chi connectivity index (χ1n) is 8.74. The third-order valence-electron chi connectivity index (χ3n) is 4.45. The topological polar surface area (TPSA) is 61.4 Å². The minimum Gasteiger partial charge on any atom is -0.355 e. The Kier molecular flexibility index (Phi) is 6.01. The number of nitrogens with one attached hydrogen (secondary N) is 2. The lowest BCUT2D eigenvalue weighted by molar-refractivity contribution is 0.0959. The number of halogens is 1. The molecule has 0 spiro atoms. The van der Waals surface area contributed by atoms with Crippen molar-refractivity contribution in [3.05, 3.63) is 59.4 Å². The summed E-state index contributed by atoms with van der Waals surface area (Å²) < 4.78 is 13.8. The summed E-state index contributed by atoms with van der Waals surface area (Å²) in [7, 11) is 1.43. The van der Waals surface area contributed by atoms with Crippen molar-refractivity contribution in [3.8, 4) is 0 Å². The highest BCUT2D eigenvalue weighted by Gasteiger charge is 2.32. The summed E-state index contributed by atoms with van der Waals surface area (Å²) in [5.74, 6) is -1.16. The average molecular weight is 387 g/mol. The Labute approximate surface area is 162 Å². The Morgan fingerprint density at radius 2 is 1.89 bits per heavy atom. The molecule has 27 heavy (non-hydrogen) atoms. The molecule has 3 rings (SSSR count). The normalized spacial score (nSPS) is 13.1. The molecule has 7 heteroatoms. The summed E-state index contributed by atoms with van der Waals surface area (Å²) in [4.78, 5) is 27.5. The smallest absolute Gasteiger partial charge is 0.322 e. The van der Waals surface area contributed by atoms with Gasteiger partial charge >= 0.3 is 6.03 Å². The van der Waals surface area contributed by atoms with E-state index in [0.29, 0.717) is 12.2 Å². The average Bonchev–Trinajstić information content (AvgIpc) is 3.52. The van der Waals surface area contributed by atoms with Crippen molar-refractivity contribution in [2.45, 2.75) is 30.3 Å². The molecule has 5 nitrogen and oxygen atoms in total. The van der Waals surface area contributed by atoms with Gasteiger partial charge in [-0.3, -0.25) is 4.79 Å². The van der Waals surface area contributed by atoms with Gasteiger partial charge in [0.1, 0.15) is 5.82 Å². The lowest BCUT2D eigenvalue weighted by Gasteiger charge is -2.23. The Morgan fingerprint density at radius 3 is 2.48 bits per heavy atom. The first kappa shape index (κ1) is 19.2. The number of hydrogen-bond donors (Lipinski definition) is 2. The second kappa shape index (κ2) is 8.43. The molecule has 0 aliphatic heterocycles. The highest BCUT2D eigenvalue weighted by atomic mass is 32.2. The molecular weight excluding hydrogens is 365 g/mol. The zero-order valence-corrected chi connectivity index (χ0v) is 16.1. The SMILES string of the molecule is CNC(=O)c1cc(NC(=O)N(Cc2ccc(SC)cc2)C2CC2)ccc1F. The largest absolute Gasteiger partial charge is 0.355 e. The molecule has 1 aliphatic carbocycles. The zero-order valence-electron chi connectivity index (χ0n) is 15.3. The third kappa shape index (κ3) is 4.80. The highest BCUT2D eigenvalue weighted by molar-refractivity contribution is 7.98. The van der Waals surface area contributed by atoms with Gasteiger partial charge in [0, 0.05) is 30.2 Å². The van der Waals surface area contributed by atoms with Crippen LogP contribution in [-0.2, 0) is 6.54 Å². The monoisotopic (exact) mass is 387 g/mol. The van der Waals surface area contributed by atoms with Gasteiger partial charge in [-0.05, 0) is 55.0 Å². The van der Waals surface area contributed by atoms with Crippen LogP contribution in [0.15, 0.2) is 47.4 Å². The standard InChI is InChI=1S/C20H22FN3O2S/c1-22-19(25)17-11-14(5-10-18(17)21)23-20(26)24(15-6-7-15)12-13-3-8-16(27-2)9-4-13/h3-5,8-11,15H,6-7,12H2,1-2H3,(H,22,25)(H,23,26). The maximum Gasteiger partial charge on any atom is 0.322 e. The minimum absolute atomic E-state index is 0.0964. The first-order valence-corrected chi connectivity index (χ1v) is 9.96. The van der Waals surface area contributed by atoms with Crippen LogP contribution in [0.3, 0.4) is 0 Å². The van der Waals surface area contributed by atoms with Crippen LogP contribution < -0.4 is 10.6 Å². The number of amides is 3. The van der Waals surface area contributed by atoms with E-state index >= 15 is 0 Å². The summed E-state index contributed by atoms with van der Waals surface area (Å²) in [6.07, 6.45) is 3.97. The number of nitrogens with zero attached hydrogens (tertiary/aromatic N) is 1. The molecule has 1 fully saturated rings. The number of rotatable bonds is 6. The number of anilines is 1. The van der Waals surface area contributed by atoms with Gasteiger partial charge in [0.2, 0.25) is 0 Å². The number of urea groups is 1. The van der Waals surface area contributed by atoms with Crippen molar-refractivity contribution in [2.24, 2.45) is 0 Å². The second-order valence-electron chi connectivity index (χ2n) is 6.41. The Balaban J connectivity index is 1.73. The Hall–Kier alpha value is -2.54. The van der Waals surface area contributed by atoms with Gasteiger partial charge in [0.25, 0.3) is 5.91 Å². The number of carbonyl (C=O) groups excluding carboxylic acids is 2. The van der Waals surface area contributed by atoms with Crippen molar-refractivity contribution >= 4 is 29.4 Å².